The molecule has 0 bridgehead atoms. The van der Waals surface area contributed by atoms with Crippen molar-refractivity contribution in [2.24, 2.45) is 0 Å². The van der Waals surface area contributed by atoms with Crippen molar-refractivity contribution in [1.82, 2.24) is 4.90 Å². The van der Waals surface area contributed by atoms with E-state index in [1.807, 2.05) is 44.7 Å². The molecule has 5 nitrogen and oxygen atoms in total. The number of likely N-dealkylation sites (N-methyl/N-ethyl adjacent to an activating group) is 1. The third-order valence-corrected chi connectivity index (χ3v) is 3.70. The van der Waals surface area contributed by atoms with Gasteiger partial charge < -0.3 is 9.64 Å². The smallest absolute Gasteiger partial charge is 0.338 e. The first-order chi connectivity index (χ1) is 11.9. The minimum absolute atomic E-state index is 0.0454. The first kappa shape index (κ1) is 20.0. The van der Waals surface area contributed by atoms with Crippen LogP contribution in [0.4, 0.5) is 0 Å². The molecule has 1 aromatic rings. The molecule has 0 aliphatic carbocycles. The monoisotopic (exact) mass is 337 g/mol. The van der Waals surface area contributed by atoms with Gasteiger partial charge in [0.05, 0.1) is 12.1 Å². The molecule has 0 saturated carbocycles. The summed E-state index contributed by atoms with van der Waals surface area (Å²) >= 11 is 0. The van der Waals surface area contributed by atoms with Crippen LogP contribution in [0.1, 0.15) is 34.0 Å². The average Bonchev–Trinajstić information content (AvgIpc) is 2.56. The van der Waals surface area contributed by atoms with Gasteiger partial charge in [0, 0.05) is 6.54 Å². The molecule has 0 spiro atoms. The fraction of sp³-hybridized carbons (Fsp3) is 0.350. The summed E-state index contributed by atoms with van der Waals surface area (Å²) in [6.07, 6.45) is 4.86. The van der Waals surface area contributed by atoms with Crippen molar-refractivity contribution < 1.29 is 9.53 Å². The van der Waals surface area contributed by atoms with Gasteiger partial charge in [-0.25, -0.2) is 4.79 Å². The number of allylic oxidation sites excluding steroid dienone is 3. The number of rotatable bonds is 7. The number of carbonyl (C=O) groups is 1. The minimum atomic E-state index is -0.314. The number of ether oxygens (including phenoxy) is 1. The lowest BCUT2D eigenvalue weighted by molar-refractivity contribution is 0.0480. The van der Waals surface area contributed by atoms with Gasteiger partial charge in [-0.3, -0.25) is 0 Å². The van der Waals surface area contributed by atoms with E-state index in [0.29, 0.717) is 12.1 Å². The van der Waals surface area contributed by atoms with E-state index in [9.17, 15) is 4.79 Å². The summed E-state index contributed by atoms with van der Waals surface area (Å²) in [6, 6.07) is 7.53. The Bertz CT molecular complexity index is 725. The van der Waals surface area contributed by atoms with Gasteiger partial charge in [-0.15, -0.1) is 0 Å². The van der Waals surface area contributed by atoms with Crippen LogP contribution in [0, 0.1) is 43.4 Å². The molecule has 0 aromatic heterocycles. The largest absolute Gasteiger partial charge is 0.460 e. The molecule has 0 heterocycles. The second-order valence-electron chi connectivity index (χ2n) is 5.68. The van der Waals surface area contributed by atoms with Gasteiger partial charge in [0.2, 0.25) is 0 Å². The van der Waals surface area contributed by atoms with Gasteiger partial charge in [-0.05, 0) is 57.2 Å². The summed E-state index contributed by atoms with van der Waals surface area (Å²) in [5.74, 6) is -0.314. The second-order valence-corrected chi connectivity index (χ2v) is 5.68. The fourth-order valence-corrected chi connectivity index (χ4v) is 2.53. The van der Waals surface area contributed by atoms with Crippen molar-refractivity contribution in [3.05, 3.63) is 58.3 Å². The van der Waals surface area contributed by atoms with Crippen LogP contribution >= 0.6 is 0 Å². The molecule has 130 valence electrons. The van der Waals surface area contributed by atoms with E-state index in [4.69, 9.17) is 15.3 Å². The molecule has 0 aliphatic heterocycles. The van der Waals surface area contributed by atoms with Crippen LogP contribution in [0.3, 0.4) is 0 Å². The highest BCUT2D eigenvalue weighted by Gasteiger charge is 2.14. The Hall–Kier alpha value is -3.05. The number of hydrogen-bond donors (Lipinski definition) is 0. The number of benzene rings is 1. The van der Waals surface area contributed by atoms with Crippen LogP contribution in [0.2, 0.25) is 0 Å². The van der Waals surface area contributed by atoms with Crippen LogP contribution in [-0.4, -0.2) is 30.6 Å². The van der Waals surface area contributed by atoms with Gasteiger partial charge in [-0.1, -0.05) is 17.7 Å². The number of aryl methyl sites for hydroxylation is 3. The molecular formula is C20H23N3O2. The molecule has 25 heavy (non-hydrogen) atoms. The summed E-state index contributed by atoms with van der Waals surface area (Å²) in [5.41, 5.74) is 3.63. The maximum absolute atomic E-state index is 12.3. The normalized spacial score (nSPS) is 10.0. The summed E-state index contributed by atoms with van der Waals surface area (Å²) in [5, 5.41) is 17.4. The summed E-state index contributed by atoms with van der Waals surface area (Å²) in [4.78, 5) is 14.2. The maximum Gasteiger partial charge on any atom is 0.338 e. The molecule has 1 rings (SSSR count). The van der Waals surface area contributed by atoms with E-state index in [2.05, 4.69) is 0 Å². The van der Waals surface area contributed by atoms with E-state index in [-0.39, 0.29) is 18.1 Å². The van der Waals surface area contributed by atoms with Gasteiger partial charge >= 0.3 is 5.97 Å². The zero-order chi connectivity index (χ0) is 18.8. The first-order valence-corrected chi connectivity index (χ1v) is 8.10. The Labute approximate surface area is 149 Å². The van der Waals surface area contributed by atoms with Crippen molar-refractivity contribution in [1.29, 1.82) is 10.5 Å². The molecule has 1 aromatic carbocycles. The van der Waals surface area contributed by atoms with Crippen molar-refractivity contribution in [2.75, 3.05) is 19.7 Å². The topological polar surface area (TPSA) is 77.1 Å². The van der Waals surface area contributed by atoms with Gasteiger partial charge in [0.25, 0.3) is 0 Å². The van der Waals surface area contributed by atoms with Crippen molar-refractivity contribution in [2.45, 2.75) is 27.7 Å². The average molecular weight is 337 g/mol. The predicted molar refractivity (Wildman–Crippen MR) is 96.6 cm³/mol. The fourth-order valence-electron chi connectivity index (χ4n) is 2.53. The zero-order valence-corrected chi connectivity index (χ0v) is 15.2. The van der Waals surface area contributed by atoms with Crippen molar-refractivity contribution in [3.8, 4) is 12.1 Å². The van der Waals surface area contributed by atoms with Crippen LogP contribution in [0.15, 0.2) is 36.1 Å². The summed E-state index contributed by atoms with van der Waals surface area (Å²) in [6.45, 7) is 9.30. The highest BCUT2D eigenvalue weighted by molar-refractivity contribution is 5.92. The molecular weight excluding hydrogens is 314 g/mol. The van der Waals surface area contributed by atoms with E-state index >= 15 is 0 Å². The van der Waals surface area contributed by atoms with E-state index in [1.54, 1.807) is 24.4 Å². The Balaban J connectivity index is 2.62. The number of nitriles is 2. The lowest BCUT2D eigenvalue weighted by Crippen LogP contribution is -2.23. The SMILES string of the molecule is CCN(C=CC=C(C#N)C#N)CCOC(=O)c1c(C)cc(C)cc1C. The molecule has 0 aliphatic rings. The molecule has 0 radical (unpaired) electrons. The van der Waals surface area contributed by atoms with Gasteiger partial charge in [-0.2, -0.15) is 10.5 Å². The number of nitrogens with zero attached hydrogens (tertiary/aromatic N) is 3. The molecule has 0 atom stereocenters. The number of esters is 1. The molecule has 0 N–H and O–H groups in total. The molecule has 0 unspecified atom stereocenters. The highest BCUT2D eigenvalue weighted by Crippen LogP contribution is 2.17. The third-order valence-electron chi connectivity index (χ3n) is 3.70. The highest BCUT2D eigenvalue weighted by atomic mass is 16.5. The van der Waals surface area contributed by atoms with Crippen molar-refractivity contribution >= 4 is 5.97 Å². The molecule has 0 saturated heterocycles. The lowest BCUT2D eigenvalue weighted by atomic mass is 10.00. The van der Waals surface area contributed by atoms with Gasteiger partial charge in [0.15, 0.2) is 0 Å². The molecule has 5 heteroatoms. The minimum Gasteiger partial charge on any atom is -0.460 e. The Morgan fingerprint density at radius 2 is 1.80 bits per heavy atom. The molecule has 0 fully saturated rings. The number of carbonyl (C=O) groups excluding carboxylic acids is 1. The van der Waals surface area contributed by atoms with E-state index < -0.39 is 0 Å². The molecule has 0 amide bonds. The van der Waals surface area contributed by atoms with Crippen LogP contribution < -0.4 is 0 Å². The zero-order valence-electron chi connectivity index (χ0n) is 15.2. The second kappa shape index (κ2) is 9.95. The van der Waals surface area contributed by atoms with Crippen LogP contribution in [-0.2, 0) is 4.74 Å². The first-order valence-electron chi connectivity index (χ1n) is 8.10. The standard InChI is InChI=1S/C20H23N3O2/c1-5-23(8-6-7-18(13-21)14-22)9-10-25-20(24)19-16(3)11-15(2)12-17(19)4/h6-8,11-12H,5,9-10H2,1-4H3. The third kappa shape index (κ3) is 6.16. The van der Waals surface area contributed by atoms with E-state index in [1.165, 1.54) is 6.08 Å². The van der Waals surface area contributed by atoms with E-state index in [0.717, 1.165) is 23.2 Å². The van der Waals surface area contributed by atoms with Crippen LogP contribution in [0.25, 0.3) is 0 Å². The van der Waals surface area contributed by atoms with Crippen molar-refractivity contribution in [3.63, 3.8) is 0 Å². The van der Waals surface area contributed by atoms with Gasteiger partial charge in [0.1, 0.15) is 24.3 Å². The van der Waals surface area contributed by atoms with Crippen LogP contribution in [0.5, 0.6) is 0 Å². The summed E-state index contributed by atoms with van der Waals surface area (Å²) in [7, 11) is 0. The number of hydrogen-bond acceptors (Lipinski definition) is 5. The Morgan fingerprint density at radius 3 is 2.32 bits per heavy atom. The quantitative estimate of drug-likeness (QED) is 0.432. The predicted octanol–water partition coefficient (Wildman–Crippen LogP) is 3.58. The summed E-state index contributed by atoms with van der Waals surface area (Å²) < 4.78 is 5.40. The lowest BCUT2D eigenvalue weighted by Gasteiger charge is -2.18. The Kier molecular flexibility index (Phi) is 7.96. The Morgan fingerprint density at radius 1 is 1.20 bits per heavy atom. The maximum atomic E-state index is 12.3.